The van der Waals surface area contributed by atoms with Crippen LogP contribution in [0.1, 0.15) is 23.6 Å². The molecule has 0 spiro atoms. The predicted molar refractivity (Wildman–Crippen MR) is 120 cm³/mol. The first-order chi connectivity index (χ1) is 15.0. The first-order valence-electron chi connectivity index (χ1n) is 10.1. The maximum atomic E-state index is 12.7. The van der Waals surface area contributed by atoms with Crippen LogP contribution < -0.4 is 11.0 Å². The van der Waals surface area contributed by atoms with Crippen molar-refractivity contribution in [2.75, 3.05) is 0 Å². The Bertz CT molecular complexity index is 1280. The number of amides is 1. The van der Waals surface area contributed by atoms with Gasteiger partial charge in [0.25, 0.3) is 0 Å². The number of rotatable bonds is 7. The number of carbonyl (C=O) groups excluding carboxylic acids is 1. The molecule has 2 aromatic carbocycles. The van der Waals surface area contributed by atoms with Gasteiger partial charge in [-0.3, -0.25) is 4.79 Å². The highest BCUT2D eigenvalue weighted by Gasteiger charge is 2.15. The lowest BCUT2D eigenvalue weighted by molar-refractivity contribution is -0.122. The molecule has 7 nitrogen and oxygen atoms in total. The lowest BCUT2D eigenvalue weighted by Gasteiger charge is -2.06. The molecule has 158 valence electrons. The number of carbonyl (C=O) groups is 1. The summed E-state index contributed by atoms with van der Waals surface area (Å²) in [7, 11) is 0. The molecule has 0 unspecified atom stereocenters. The van der Waals surface area contributed by atoms with E-state index in [1.807, 2.05) is 49.4 Å². The molecule has 2 aromatic heterocycles. The Morgan fingerprint density at radius 1 is 1.13 bits per heavy atom. The first-order valence-corrected chi connectivity index (χ1v) is 10.9. The Morgan fingerprint density at radius 2 is 1.90 bits per heavy atom. The van der Waals surface area contributed by atoms with Gasteiger partial charge in [0.2, 0.25) is 5.91 Å². The lowest BCUT2D eigenvalue weighted by atomic mass is 10.1. The van der Waals surface area contributed by atoms with Crippen LogP contribution in [0.15, 0.2) is 75.6 Å². The second-order valence-corrected chi connectivity index (χ2v) is 8.22. The number of fused-ring (bicyclic) bond motifs is 1. The fraction of sp³-hybridized carbons (Fsp3) is 0.217. The van der Waals surface area contributed by atoms with Crippen molar-refractivity contribution in [3.63, 3.8) is 0 Å². The highest BCUT2D eigenvalue weighted by molar-refractivity contribution is 7.99. The summed E-state index contributed by atoms with van der Waals surface area (Å²) in [4.78, 5) is 30.6. The molecule has 0 aliphatic carbocycles. The van der Waals surface area contributed by atoms with Crippen LogP contribution in [0.5, 0.6) is 0 Å². The summed E-state index contributed by atoms with van der Waals surface area (Å²) in [6.45, 7) is 4.36. The highest BCUT2D eigenvalue weighted by Crippen LogP contribution is 2.30. The maximum absolute atomic E-state index is 12.7. The molecule has 4 aromatic rings. The summed E-state index contributed by atoms with van der Waals surface area (Å²) < 4.78 is 2.61. The van der Waals surface area contributed by atoms with Crippen molar-refractivity contribution in [2.45, 2.75) is 43.3 Å². The van der Waals surface area contributed by atoms with Gasteiger partial charge in [0.05, 0.1) is 0 Å². The first kappa shape index (κ1) is 20.9. The second-order valence-electron chi connectivity index (χ2n) is 7.19. The van der Waals surface area contributed by atoms with Crippen molar-refractivity contribution < 1.29 is 4.79 Å². The Morgan fingerprint density at radius 3 is 2.68 bits per heavy atom. The van der Waals surface area contributed by atoms with Gasteiger partial charge in [0.15, 0.2) is 5.65 Å². The zero-order valence-corrected chi connectivity index (χ0v) is 18.2. The van der Waals surface area contributed by atoms with Gasteiger partial charge < -0.3 is 5.32 Å². The maximum Gasteiger partial charge on any atom is 0.350 e. The third kappa shape index (κ3) is 4.69. The monoisotopic (exact) mass is 433 g/mol. The number of hydrogen-bond acceptors (Lipinski definition) is 5. The van der Waals surface area contributed by atoms with Crippen LogP contribution in [0.3, 0.4) is 0 Å². The zero-order valence-electron chi connectivity index (χ0n) is 17.4. The molecular weight excluding hydrogens is 410 g/mol. The SMILES string of the molecule is CCc1ccccc1Sc1nccn2c(=O)n(CC(=O)NCc3ccc(C)cc3)nc12. The molecule has 1 amide bonds. The molecule has 0 saturated carbocycles. The van der Waals surface area contributed by atoms with Crippen LogP contribution in [0.4, 0.5) is 0 Å². The van der Waals surface area contributed by atoms with Crippen molar-refractivity contribution in [1.82, 2.24) is 24.5 Å². The van der Waals surface area contributed by atoms with Crippen LogP contribution in [0.25, 0.3) is 5.65 Å². The van der Waals surface area contributed by atoms with Crippen molar-refractivity contribution >= 4 is 23.3 Å². The molecule has 0 atom stereocenters. The molecule has 0 bridgehead atoms. The number of nitrogens with zero attached hydrogens (tertiary/aromatic N) is 4. The third-order valence-corrected chi connectivity index (χ3v) is 6.03. The van der Waals surface area contributed by atoms with Crippen molar-refractivity contribution in [1.29, 1.82) is 0 Å². The van der Waals surface area contributed by atoms with E-state index >= 15 is 0 Å². The van der Waals surface area contributed by atoms with Crippen LogP contribution in [0.2, 0.25) is 0 Å². The average molecular weight is 434 g/mol. The normalized spacial score (nSPS) is 11.0. The number of aryl methyl sites for hydroxylation is 2. The van der Waals surface area contributed by atoms with Crippen LogP contribution >= 0.6 is 11.8 Å². The van der Waals surface area contributed by atoms with Crippen molar-refractivity contribution in [2.24, 2.45) is 0 Å². The van der Waals surface area contributed by atoms with E-state index in [0.717, 1.165) is 22.4 Å². The fourth-order valence-corrected chi connectivity index (χ4v) is 4.24. The summed E-state index contributed by atoms with van der Waals surface area (Å²) >= 11 is 1.47. The van der Waals surface area contributed by atoms with E-state index in [2.05, 4.69) is 28.4 Å². The summed E-state index contributed by atoms with van der Waals surface area (Å²) in [5.74, 6) is -0.274. The topological polar surface area (TPSA) is 81.3 Å². The van der Waals surface area contributed by atoms with Crippen LogP contribution in [0, 0.1) is 6.92 Å². The van der Waals surface area contributed by atoms with Gasteiger partial charge in [-0.2, -0.15) is 0 Å². The van der Waals surface area contributed by atoms with Crippen molar-refractivity contribution in [3.05, 3.63) is 88.1 Å². The van der Waals surface area contributed by atoms with Gasteiger partial charge in [-0.05, 0) is 30.5 Å². The van der Waals surface area contributed by atoms with E-state index in [9.17, 15) is 9.59 Å². The number of nitrogens with one attached hydrogen (secondary N) is 1. The van der Waals surface area contributed by atoms with Crippen LogP contribution in [-0.2, 0) is 24.3 Å². The highest BCUT2D eigenvalue weighted by atomic mass is 32.2. The molecule has 0 radical (unpaired) electrons. The molecule has 4 rings (SSSR count). The third-order valence-electron chi connectivity index (χ3n) is 4.93. The molecule has 2 heterocycles. The number of hydrogen-bond donors (Lipinski definition) is 1. The Labute approximate surface area is 184 Å². The molecule has 0 aliphatic heterocycles. The van der Waals surface area contributed by atoms with E-state index in [4.69, 9.17) is 0 Å². The predicted octanol–water partition coefficient (Wildman–Crippen LogP) is 3.23. The Balaban J connectivity index is 1.53. The minimum absolute atomic E-state index is 0.151. The lowest BCUT2D eigenvalue weighted by Crippen LogP contribution is -2.32. The van der Waals surface area contributed by atoms with Gasteiger partial charge in [-0.15, -0.1) is 5.10 Å². The Kier molecular flexibility index (Phi) is 6.18. The number of aromatic nitrogens is 4. The quantitative estimate of drug-likeness (QED) is 0.484. The van der Waals surface area contributed by atoms with Gasteiger partial charge >= 0.3 is 5.69 Å². The standard InChI is InChI=1S/C23H23N5O2S/c1-3-18-6-4-5-7-19(18)31-22-21-26-28(23(30)27(21)13-12-24-22)15-20(29)25-14-17-10-8-16(2)9-11-17/h4-13H,3,14-15H2,1-2H3,(H,25,29). The van der Waals surface area contributed by atoms with E-state index in [1.54, 1.807) is 12.4 Å². The van der Waals surface area contributed by atoms with E-state index in [1.165, 1.54) is 26.4 Å². The van der Waals surface area contributed by atoms with E-state index < -0.39 is 0 Å². The van der Waals surface area contributed by atoms with Gasteiger partial charge in [0, 0.05) is 23.8 Å². The van der Waals surface area contributed by atoms with Crippen molar-refractivity contribution in [3.8, 4) is 0 Å². The molecule has 0 fully saturated rings. The Hall–Kier alpha value is -3.39. The molecular formula is C23H23N5O2S. The molecule has 1 N–H and O–H groups in total. The van der Waals surface area contributed by atoms with E-state index in [-0.39, 0.29) is 18.1 Å². The molecule has 0 aliphatic rings. The smallest absolute Gasteiger partial charge is 0.350 e. The van der Waals surface area contributed by atoms with Gasteiger partial charge in [-0.1, -0.05) is 66.7 Å². The summed E-state index contributed by atoms with van der Waals surface area (Å²) in [5, 5.41) is 7.86. The molecule has 0 saturated heterocycles. The zero-order chi connectivity index (χ0) is 21.8. The minimum atomic E-state index is -0.367. The van der Waals surface area contributed by atoms with Crippen LogP contribution in [-0.4, -0.2) is 25.1 Å². The average Bonchev–Trinajstić information content (AvgIpc) is 3.10. The minimum Gasteiger partial charge on any atom is -0.350 e. The second kappa shape index (κ2) is 9.18. The molecule has 31 heavy (non-hydrogen) atoms. The summed E-state index contributed by atoms with van der Waals surface area (Å²) in [5.41, 5.74) is 3.44. The largest absolute Gasteiger partial charge is 0.350 e. The summed E-state index contributed by atoms with van der Waals surface area (Å²) in [6.07, 6.45) is 4.05. The number of benzene rings is 2. The van der Waals surface area contributed by atoms with Gasteiger partial charge in [-0.25, -0.2) is 18.9 Å². The molecule has 8 heteroatoms. The van der Waals surface area contributed by atoms with E-state index in [0.29, 0.717) is 17.2 Å². The fourth-order valence-electron chi connectivity index (χ4n) is 3.20. The summed E-state index contributed by atoms with van der Waals surface area (Å²) in [6, 6.07) is 16.0. The van der Waals surface area contributed by atoms with Gasteiger partial charge in [0.1, 0.15) is 11.6 Å².